The van der Waals surface area contributed by atoms with Crippen LogP contribution in [0.4, 0.5) is 0 Å². The predicted molar refractivity (Wildman–Crippen MR) is 80.6 cm³/mol. The van der Waals surface area contributed by atoms with Gasteiger partial charge in [-0.2, -0.15) is 0 Å². The number of esters is 1. The Morgan fingerprint density at radius 2 is 1.86 bits per heavy atom. The van der Waals surface area contributed by atoms with E-state index >= 15 is 0 Å². The first-order valence-electron chi connectivity index (χ1n) is 7.01. The van der Waals surface area contributed by atoms with Crippen LogP contribution >= 0.6 is 0 Å². The Labute approximate surface area is 124 Å². The minimum Gasteiger partial charge on any atom is -0.465 e. The molecule has 0 radical (unpaired) electrons. The molecule has 1 heterocycles. The smallest absolute Gasteiger partial charge is 0.337 e. The zero-order valence-corrected chi connectivity index (χ0v) is 12.1. The SMILES string of the molecule is COC(=O)c1ccc(/C=C/C(=O)N2CCC(N)CC2)cc1. The summed E-state index contributed by atoms with van der Waals surface area (Å²) in [5.74, 6) is -0.370. The Morgan fingerprint density at radius 3 is 2.43 bits per heavy atom. The lowest BCUT2D eigenvalue weighted by Crippen LogP contribution is -2.42. The van der Waals surface area contributed by atoms with Crippen molar-refractivity contribution in [2.45, 2.75) is 18.9 Å². The van der Waals surface area contributed by atoms with E-state index in [1.54, 1.807) is 36.4 Å². The molecular formula is C16H20N2O3. The fourth-order valence-corrected chi connectivity index (χ4v) is 2.24. The van der Waals surface area contributed by atoms with Gasteiger partial charge in [-0.1, -0.05) is 12.1 Å². The monoisotopic (exact) mass is 288 g/mol. The maximum Gasteiger partial charge on any atom is 0.337 e. The number of hydrogen-bond donors (Lipinski definition) is 1. The number of nitrogens with zero attached hydrogens (tertiary/aromatic N) is 1. The van der Waals surface area contributed by atoms with Crippen LogP contribution in [0.1, 0.15) is 28.8 Å². The van der Waals surface area contributed by atoms with Gasteiger partial charge in [0.15, 0.2) is 0 Å². The summed E-state index contributed by atoms with van der Waals surface area (Å²) in [6.07, 6.45) is 5.02. The van der Waals surface area contributed by atoms with Gasteiger partial charge in [0.05, 0.1) is 12.7 Å². The van der Waals surface area contributed by atoms with Crippen molar-refractivity contribution in [2.24, 2.45) is 5.73 Å². The average molecular weight is 288 g/mol. The zero-order valence-electron chi connectivity index (χ0n) is 12.1. The fourth-order valence-electron chi connectivity index (χ4n) is 2.24. The number of likely N-dealkylation sites (tertiary alicyclic amines) is 1. The number of benzene rings is 1. The van der Waals surface area contributed by atoms with Crippen molar-refractivity contribution in [1.29, 1.82) is 0 Å². The zero-order chi connectivity index (χ0) is 15.2. The molecule has 2 rings (SSSR count). The number of rotatable bonds is 3. The van der Waals surface area contributed by atoms with Crippen LogP contribution in [0, 0.1) is 0 Å². The molecule has 5 nitrogen and oxygen atoms in total. The molecule has 1 aliphatic rings. The molecule has 1 amide bonds. The Kier molecular flexibility index (Phi) is 5.11. The van der Waals surface area contributed by atoms with Crippen molar-refractivity contribution in [2.75, 3.05) is 20.2 Å². The molecule has 1 aliphatic heterocycles. The quantitative estimate of drug-likeness (QED) is 0.674. The molecule has 112 valence electrons. The number of piperidine rings is 1. The molecular weight excluding hydrogens is 268 g/mol. The first-order valence-corrected chi connectivity index (χ1v) is 7.01. The highest BCUT2D eigenvalue weighted by atomic mass is 16.5. The Hall–Kier alpha value is -2.14. The number of carbonyl (C=O) groups excluding carboxylic acids is 2. The van der Waals surface area contributed by atoms with Crippen LogP contribution in [0.25, 0.3) is 6.08 Å². The number of methoxy groups -OCH3 is 1. The second-order valence-electron chi connectivity index (χ2n) is 5.11. The van der Waals surface area contributed by atoms with E-state index in [0.29, 0.717) is 18.7 Å². The molecule has 2 N–H and O–H groups in total. The summed E-state index contributed by atoms with van der Waals surface area (Å²) in [6.45, 7) is 1.43. The molecule has 21 heavy (non-hydrogen) atoms. The topological polar surface area (TPSA) is 72.6 Å². The third kappa shape index (κ3) is 4.16. The molecule has 0 atom stereocenters. The second kappa shape index (κ2) is 7.04. The summed E-state index contributed by atoms with van der Waals surface area (Å²) in [5, 5.41) is 0. The largest absolute Gasteiger partial charge is 0.465 e. The third-order valence-corrected chi connectivity index (χ3v) is 3.60. The highest BCUT2D eigenvalue weighted by molar-refractivity contribution is 5.92. The van der Waals surface area contributed by atoms with Crippen LogP contribution in [-0.4, -0.2) is 43.0 Å². The highest BCUT2D eigenvalue weighted by Crippen LogP contribution is 2.11. The van der Waals surface area contributed by atoms with Gasteiger partial charge < -0.3 is 15.4 Å². The second-order valence-corrected chi connectivity index (χ2v) is 5.11. The number of carbonyl (C=O) groups is 2. The van der Waals surface area contributed by atoms with Crippen LogP contribution in [0.3, 0.4) is 0 Å². The molecule has 5 heteroatoms. The van der Waals surface area contributed by atoms with Crippen LogP contribution in [0.2, 0.25) is 0 Å². The summed E-state index contributed by atoms with van der Waals surface area (Å²) in [6, 6.07) is 7.12. The predicted octanol–water partition coefficient (Wildman–Crippen LogP) is 1.44. The summed E-state index contributed by atoms with van der Waals surface area (Å²) < 4.78 is 4.63. The lowest BCUT2D eigenvalue weighted by Gasteiger charge is -2.29. The van der Waals surface area contributed by atoms with Crippen LogP contribution in [0.5, 0.6) is 0 Å². The molecule has 0 spiro atoms. The standard InChI is InChI=1S/C16H20N2O3/c1-21-16(20)13-5-2-12(3-6-13)4-7-15(19)18-10-8-14(17)9-11-18/h2-7,14H,8-11,17H2,1H3/b7-4+. The van der Waals surface area contributed by atoms with Gasteiger partial charge in [0.2, 0.25) is 5.91 Å². The van der Waals surface area contributed by atoms with E-state index in [-0.39, 0.29) is 17.9 Å². The number of amides is 1. The number of ether oxygens (including phenoxy) is 1. The molecule has 1 saturated heterocycles. The van der Waals surface area contributed by atoms with E-state index in [4.69, 9.17) is 5.73 Å². The highest BCUT2D eigenvalue weighted by Gasteiger charge is 2.18. The summed E-state index contributed by atoms with van der Waals surface area (Å²) in [7, 11) is 1.35. The van der Waals surface area contributed by atoms with Crippen molar-refractivity contribution in [3.63, 3.8) is 0 Å². The summed E-state index contributed by atoms with van der Waals surface area (Å²) in [5.41, 5.74) is 7.18. The Morgan fingerprint density at radius 1 is 1.24 bits per heavy atom. The van der Waals surface area contributed by atoms with E-state index in [0.717, 1.165) is 18.4 Å². The summed E-state index contributed by atoms with van der Waals surface area (Å²) >= 11 is 0. The van der Waals surface area contributed by atoms with Crippen molar-refractivity contribution >= 4 is 18.0 Å². The molecule has 0 aliphatic carbocycles. The van der Waals surface area contributed by atoms with Gasteiger partial charge in [-0.15, -0.1) is 0 Å². The van der Waals surface area contributed by atoms with Crippen molar-refractivity contribution in [1.82, 2.24) is 4.90 Å². The molecule has 0 saturated carbocycles. The van der Waals surface area contributed by atoms with E-state index in [1.807, 2.05) is 4.90 Å². The van der Waals surface area contributed by atoms with E-state index in [2.05, 4.69) is 4.74 Å². The molecule has 0 aromatic heterocycles. The van der Waals surface area contributed by atoms with Crippen molar-refractivity contribution in [3.05, 3.63) is 41.5 Å². The Balaban J connectivity index is 1.94. The first-order chi connectivity index (χ1) is 10.1. The van der Waals surface area contributed by atoms with Crippen molar-refractivity contribution in [3.8, 4) is 0 Å². The van der Waals surface area contributed by atoms with Gasteiger partial charge >= 0.3 is 5.97 Å². The van der Waals surface area contributed by atoms with Crippen molar-refractivity contribution < 1.29 is 14.3 Å². The number of hydrogen-bond acceptors (Lipinski definition) is 4. The fraction of sp³-hybridized carbons (Fsp3) is 0.375. The van der Waals surface area contributed by atoms with Gasteiger partial charge in [-0.25, -0.2) is 4.79 Å². The van der Waals surface area contributed by atoms with Crippen LogP contribution < -0.4 is 5.73 Å². The van der Waals surface area contributed by atoms with E-state index in [9.17, 15) is 9.59 Å². The Bertz CT molecular complexity index is 529. The lowest BCUT2D eigenvalue weighted by atomic mass is 10.1. The van der Waals surface area contributed by atoms with Gasteiger partial charge in [0, 0.05) is 25.2 Å². The minimum absolute atomic E-state index is 0.000977. The maximum atomic E-state index is 12.0. The maximum absolute atomic E-state index is 12.0. The number of nitrogens with two attached hydrogens (primary N) is 1. The normalized spacial score (nSPS) is 16.2. The third-order valence-electron chi connectivity index (χ3n) is 3.60. The molecule has 1 aromatic rings. The van der Waals surface area contributed by atoms with E-state index < -0.39 is 0 Å². The van der Waals surface area contributed by atoms with Gasteiger partial charge in [-0.05, 0) is 36.6 Å². The minimum atomic E-state index is -0.369. The lowest BCUT2D eigenvalue weighted by molar-refractivity contribution is -0.126. The van der Waals surface area contributed by atoms with Gasteiger partial charge in [0.1, 0.15) is 0 Å². The molecule has 0 unspecified atom stereocenters. The van der Waals surface area contributed by atoms with Crippen LogP contribution in [-0.2, 0) is 9.53 Å². The summed E-state index contributed by atoms with van der Waals surface area (Å²) in [4.78, 5) is 25.1. The molecule has 1 fully saturated rings. The average Bonchev–Trinajstić information content (AvgIpc) is 2.53. The van der Waals surface area contributed by atoms with Crippen LogP contribution in [0.15, 0.2) is 30.3 Å². The molecule has 1 aromatic carbocycles. The van der Waals surface area contributed by atoms with Gasteiger partial charge in [-0.3, -0.25) is 4.79 Å². The first kappa shape index (κ1) is 15.3. The van der Waals surface area contributed by atoms with Gasteiger partial charge in [0.25, 0.3) is 0 Å². The molecule has 0 bridgehead atoms. The van der Waals surface area contributed by atoms with E-state index in [1.165, 1.54) is 7.11 Å².